The fourth-order valence-corrected chi connectivity index (χ4v) is 2.82. The number of halogens is 1. The molecule has 0 aliphatic carbocycles. The van der Waals surface area contributed by atoms with Crippen molar-refractivity contribution in [3.8, 4) is 0 Å². The van der Waals surface area contributed by atoms with Crippen LogP contribution in [0.1, 0.15) is 28.5 Å². The van der Waals surface area contributed by atoms with Crippen LogP contribution in [0.15, 0.2) is 34.9 Å². The molecule has 1 heterocycles. The first-order chi connectivity index (χ1) is 9.06. The second-order valence-electron chi connectivity index (χ2n) is 4.51. The molecule has 19 heavy (non-hydrogen) atoms. The van der Waals surface area contributed by atoms with Crippen LogP contribution in [0.5, 0.6) is 0 Å². The topological polar surface area (TPSA) is 45.2 Å². The molecule has 1 aromatic carbocycles. The number of hydrogen-bond donors (Lipinski definition) is 2. The number of nitrogens with zero attached hydrogens (tertiary/aromatic N) is 1. The molecule has 2 aromatic rings. The number of hydrogen-bond acceptors (Lipinski definition) is 4. The van der Waals surface area contributed by atoms with Crippen LogP contribution in [0.4, 0.5) is 0 Å². The summed E-state index contributed by atoms with van der Waals surface area (Å²) in [5.74, 6) is 0. The molecule has 0 spiro atoms. The third-order valence-corrected chi connectivity index (χ3v) is 4.39. The minimum absolute atomic E-state index is 0.0106. The summed E-state index contributed by atoms with van der Waals surface area (Å²) in [6.45, 7) is 4.72. The Bertz CT molecular complexity index is 526. The Morgan fingerprint density at radius 1 is 1.37 bits per heavy atom. The Morgan fingerprint density at radius 2 is 2.05 bits per heavy atom. The zero-order valence-corrected chi connectivity index (χ0v) is 13.3. The van der Waals surface area contributed by atoms with Crippen molar-refractivity contribution in [1.29, 1.82) is 0 Å². The van der Waals surface area contributed by atoms with Crippen molar-refractivity contribution in [3.63, 3.8) is 0 Å². The monoisotopic (exact) mass is 340 g/mol. The highest BCUT2D eigenvalue weighted by Crippen LogP contribution is 2.20. The van der Waals surface area contributed by atoms with Gasteiger partial charge in [-0.25, -0.2) is 4.98 Å². The highest BCUT2D eigenvalue weighted by atomic mass is 79.9. The Labute approximate surface area is 125 Å². The van der Waals surface area contributed by atoms with E-state index in [9.17, 15) is 5.11 Å². The van der Waals surface area contributed by atoms with Gasteiger partial charge in [0, 0.05) is 28.1 Å². The zero-order chi connectivity index (χ0) is 13.8. The summed E-state index contributed by atoms with van der Waals surface area (Å²) in [4.78, 5) is 5.41. The van der Waals surface area contributed by atoms with Crippen molar-refractivity contribution in [2.75, 3.05) is 0 Å². The number of thiazole rings is 1. The number of aliphatic hydroxyl groups is 1. The van der Waals surface area contributed by atoms with Crippen LogP contribution in [0.3, 0.4) is 0 Å². The smallest absolute Gasteiger partial charge is 0.0940 e. The lowest BCUT2D eigenvalue weighted by Crippen LogP contribution is -2.31. The van der Waals surface area contributed by atoms with Crippen molar-refractivity contribution < 1.29 is 5.11 Å². The van der Waals surface area contributed by atoms with Gasteiger partial charge in [0.25, 0.3) is 0 Å². The fraction of sp³-hybridized carbons (Fsp3) is 0.357. The molecule has 102 valence electrons. The normalized spacial score (nSPS) is 14.3. The summed E-state index contributed by atoms with van der Waals surface area (Å²) in [5.41, 5.74) is 0.920. The molecule has 1 aromatic heterocycles. The van der Waals surface area contributed by atoms with E-state index >= 15 is 0 Å². The van der Waals surface area contributed by atoms with Crippen LogP contribution < -0.4 is 5.32 Å². The summed E-state index contributed by atoms with van der Waals surface area (Å²) < 4.78 is 1.02. The van der Waals surface area contributed by atoms with Gasteiger partial charge in [-0.15, -0.1) is 11.3 Å². The van der Waals surface area contributed by atoms with Crippen LogP contribution in [-0.4, -0.2) is 16.1 Å². The molecule has 3 nitrogen and oxygen atoms in total. The quantitative estimate of drug-likeness (QED) is 0.876. The number of nitrogens with one attached hydrogen (secondary N) is 1. The molecular formula is C14H17BrN2OS. The predicted octanol–water partition coefficient (Wildman–Crippen LogP) is 3.43. The molecule has 0 saturated heterocycles. The van der Waals surface area contributed by atoms with E-state index in [4.69, 9.17) is 0 Å². The zero-order valence-electron chi connectivity index (χ0n) is 10.9. The number of rotatable bonds is 5. The maximum Gasteiger partial charge on any atom is 0.0940 e. The van der Waals surface area contributed by atoms with Gasteiger partial charge in [0.05, 0.1) is 11.1 Å². The predicted molar refractivity (Wildman–Crippen MR) is 82.3 cm³/mol. The summed E-state index contributed by atoms with van der Waals surface area (Å²) in [6, 6.07) is 7.74. The molecule has 2 N–H and O–H groups in total. The average Bonchev–Trinajstić information content (AvgIpc) is 2.82. The first kappa shape index (κ1) is 14.7. The Balaban J connectivity index is 1.92. The Morgan fingerprint density at radius 3 is 2.63 bits per heavy atom. The summed E-state index contributed by atoms with van der Waals surface area (Å²) in [6.07, 6.45) is 1.37. The molecule has 5 heteroatoms. The lowest BCUT2D eigenvalue weighted by atomic mass is 10.0. The third-order valence-electron chi connectivity index (χ3n) is 2.95. The van der Waals surface area contributed by atoms with Gasteiger partial charge in [-0.05, 0) is 31.5 Å². The van der Waals surface area contributed by atoms with E-state index in [1.165, 1.54) is 4.88 Å². The van der Waals surface area contributed by atoms with E-state index in [1.54, 1.807) is 11.3 Å². The highest BCUT2D eigenvalue weighted by Gasteiger charge is 2.15. The Hall–Kier alpha value is -0.750. The van der Waals surface area contributed by atoms with Crippen LogP contribution in [0.25, 0.3) is 0 Å². The SMILES string of the molecule is Cc1ncc(CNC(C)C(O)c2ccc(Br)cc2)s1. The van der Waals surface area contributed by atoms with E-state index < -0.39 is 6.10 Å². The molecule has 2 atom stereocenters. The summed E-state index contributed by atoms with van der Waals surface area (Å²) in [7, 11) is 0. The lowest BCUT2D eigenvalue weighted by molar-refractivity contribution is 0.135. The molecule has 0 fully saturated rings. The van der Waals surface area contributed by atoms with Crippen molar-refractivity contribution >= 4 is 27.3 Å². The number of aryl methyl sites for hydroxylation is 1. The average molecular weight is 341 g/mol. The second kappa shape index (κ2) is 6.61. The van der Waals surface area contributed by atoms with Gasteiger partial charge >= 0.3 is 0 Å². The van der Waals surface area contributed by atoms with E-state index in [1.807, 2.05) is 44.3 Å². The number of benzene rings is 1. The largest absolute Gasteiger partial charge is 0.387 e. The van der Waals surface area contributed by atoms with Crippen LogP contribution in [0, 0.1) is 6.92 Å². The van der Waals surface area contributed by atoms with Crippen molar-refractivity contribution in [2.24, 2.45) is 0 Å². The molecule has 0 aliphatic rings. The van der Waals surface area contributed by atoms with Gasteiger partial charge in [0.15, 0.2) is 0 Å². The summed E-state index contributed by atoms with van der Waals surface area (Å²) in [5, 5.41) is 14.7. The maximum absolute atomic E-state index is 10.3. The van der Waals surface area contributed by atoms with Gasteiger partial charge in [-0.1, -0.05) is 28.1 Å². The van der Waals surface area contributed by atoms with Crippen molar-refractivity contribution in [1.82, 2.24) is 10.3 Å². The second-order valence-corrected chi connectivity index (χ2v) is 6.75. The van der Waals surface area contributed by atoms with Gasteiger partial charge in [0.2, 0.25) is 0 Å². The molecule has 2 rings (SSSR count). The first-order valence-corrected chi connectivity index (χ1v) is 7.75. The van der Waals surface area contributed by atoms with Gasteiger partial charge in [-0.2, -0.15) is 0 Å². The van der Waals surface area contributed by atoms with Crippen molar-refractivity contribution in [3.05, 3.63) is 50.4 Å². The summed E-state index contributed by atoms with van der Waals surface area (Å²) >= 11 is 5.07. The van der Waals surface area contributed by atoms with Gasteiger partial charge in [0.1, 0.15) is 0 Å². The molecule has 0 bridgehead atoms. The van der Waals surface area contributed by atoms with E-state index in [0.29, 0.717) is 0 Å². The lowest BCUT2D eigenvalue weighted by Gasteiger charge is -2.20. The standard InChI is InChI=1S/C14H17BrN2OS/c1-9(16-7-13-8-17-10(2)19-13)14(18)11-3-5-12(15)6-4-11/h3-6,8-9,14,16,18H,7H2,1-2H3. The highest BCUT2D eigenvalue weighted by molar-refractivity contribution is 9.10. The van der Waals surface area contributed by atoms with Crippen LogP contribution >= 0.6 is 27.3 Å². The van der Waals surface area contributed by atoms with Crippen molar-refractivity contribution in [2.45, 2.75) is 32.5 Å². The Kier molecular flexibility index (Phi) is 5.10. The maximum atomic E-state index is 10.3. The van der Waals surface area contributed by atoms with E-state index in [0.717, 1.165) is 21.6 Å². The van der Waals surface area contributed by atoms with Crippen LogP contribution in [-0.2, 0) is 6.54 Å². The molecule has 2 unspecified atom stereocenters. The van der Waals surface area contributed by atoms with Gasteiger partial charge in [-0.3, -0.25) is 0 Å². The molecule has 0 radical (unpaired) electrons. The van der Waals surface area contributed by atoms with E-state index in [-0.39, 0.29) is 6.04 Å². The third kappa shape index (κ3) is 4.11. The molecule has 0 aliphatic heterocycles. The fourth-order valence-electron chi connectivity index (χ4n) is 1.81. The van der Waals surface area contributed by atoms with Crippen LogP contribution in [0.2, 0.25) is 0 Å². The van der Waals surface area contributed by atoms with E-state index in [2.05, 4.69) is 26.2 Å². The molecule has 0 amide bonds. The molecule has 0 saturated carbocycles. The molecular weight excluding hydrogens is 324 g/mol. The number of aliphatic hydroxyl groups excluding tert-OH is 1. The minimum atomic E-state index is -0.512. The minimum Gasteiger partial charge on any atom is -0.387 e. The number of aromatic nitrogens is 1. The first-order valence-electron chi connectivity index (χ1n) is 6.14. The van der Waals surface area contributed by atoms with Gasteiger partial charge < -0.3 is 10.4 Å².